The highest BCUT2D eigenvalue weighted by Crippen LogP contribution is 2.18. The molecule has 92 valence electrons. The molecule has 1 N–H and O–H groups in total. The van der Waals surface area contributed by atoms with Crippen LogP contribution in [0, 0.1) is 11.8 Å². The summed E-state index contributed by atoms with van der Waals surface area (Å²) in [6.45, 7) is 9.17. The van der Waals surface area contributed by atoms with Crippen molar-refractivity contribution in [3.8, 4) is 0 Å². The van der Waals surface area contributed by atoms with Crippen LogP contribution in [-0.4, -0.2) is 35.8 Å². The van der Waals surface area contributed by atoms with Gasteiger partial charge in [-0.25, -0.2) is 4.79 Å². The van der Waals surface area contributed by atoms with E-state index in [4.69, 9.17) is 0 Å². The van der Waals surface area contributed by atoms with Crippen molar-refractivity contribution >= 4 is 11.8 Å². The van der Waals surface area contributed by atoms with Gasteiger partial charge in [-0.1, -0.05) is 27.7 Å². The first-order chi connectivity index (χ1) is 7.45. The van der Waals surface area contributed by atoms with Gasteiger partial charge in [-0.2, -0.15) is 0 Å². The summed E-state index contributed by atoms with van der Waals surface area (Å²) in [4.78, 5) is 25.5. The molecule has 4 nitrogen and oxygen atoms in total. The minimum Gasteiger partial charge on any atom is -0.338 e. The molecule has 16 heavy (non-hydrogen) atoms. The van der Waals surface area contributed by atoms with Gasteiger partial charge in [0.25, 0.3) is 0 Å². The Morgan fingerprint density at radius 2 is 1.94 bits per heavy atom. The number of nitrogens with zero attached hydrogens (tertiary/aromatic N) is 1. The molecule has 2 amide bonds. The average molecular weight is 226 g/mol. The highest BCUT2D eigenvalue weighted by atomic mass is 16.2. The van der Waals surface area contributed by atoms with Crippen molar-refractivity contribution in [2.24, 2.45) is 11.8 Å². The molecule has 1 aliphatic heterocycles. The van der Waals surface area contributed by atoms with Gasteiger partial charge in [0.05, 0.1) is 6.04 Å². The average Bonchev–Trinajstić information content (AvgIpc) is 2.20. The fourth-order valence-electron chi connectivity index (χ4n) is 2.10. The SMILES string of the molecule is CC(C)C(=O)[C@H](C(C)C)N1CCCNC1=O. The van der Waals surface area contributed by atoms with Gasteiger partial charge in [-0.3, -0.25) is 4.79 Å². The number of urea groups is 1. The lowest BCUT2D eigenvalue weighted by atomic mass is 9.91. The van der Waals surface area contributed by atoms with Crippen LogP contribution >= 0.6 is 0 Å². The van der Waals surface area contributed by atoms with Gasteiger partial charge in [0, 0.05) is 19.0 Å². The molecule has 4 heteroatoms. The zero-order valence-electron chi connectivity index (χ0n) is 10.6. The van der Waals surface area contributed by atoms with Crippen LogP contribution in [0.25, 0.3) is 0 Å². The van der Waals surface area contributed by atoms with Gasteiger partial charge >= 0.3 is 6.03 Å². The van der Waals surface area contributed by atoms with Gasteiger partial charge in [0.2, 0.25) is 0 Å². The Kier molecular flexibility index (Phi) is 4.33. The minimum atomic E-state index is -0.278. The molecule has 0 aromatic heterocycles. The molecule has 1 fully saturated rings. The number of carbonyl (C=O) groups is 2. The van der Waals surface area contributed by atoms with E-state index in [9.17, 15) is 9.59 Å². The van der Waals surface area contributed by atoms with Crippen LogP contribution in [0.3, 0.4) is 0 Å². The molecule has 0 aliphatic carbocycles. The minimum absolute atomic E-state index is 0.0258. The first-order valence-electron chi connectivity index (χ1n) is 6.03. The number of carbonyl (C=O) groups excluding carboxylic acids is 2. The summed E-state index contributed by atoms with van der Waals surface area (Å²) in [6, 6.07) is -0.376. The van der Waals surface area contributed by atoms with E-state index in [1.807, 2.05) is 27.7 Å². The third kappa shape index (κ3) is 2.74. The van der Waals surface area contributed by atoms with E-state index in [2.05, 4.69) is 5.32 Å². The van der Waals surface area contributed by atoms with Crippen LogP contribution in [0.2, 0.25) is 0 Å². The highest BCUT2D eigenvalue weighted by molar-refractivity contribution is 5.90. The molecule has 1 rings (SSSR count). The van der Waals surface area contributed by atoms with Crippen molar-refractivity contribution in [1.29, 1.82) is 0 Å². The Morgan fingerprint density at radius 1 is 1.31 bits per heavy atom. The predicted molar refractivity (Wildman–Crippen MR) is 63.2 cm³/mol. The number of ketones is 1. The van der Waals surface area contributed by atoms with E-state index in [1.165, 1.54) is 0 Å². The van der Waals surface area contributed by atoms with Gasteiger partial charge in [-0.15, -0.1) is 0 Å². The summed E-state index contributed by atoms with van der Waals surface area (Å²) in [7, 11) is 0. The second-order valence-electron chi connectivity index (χ2n) is 5.02. The van der Waals surface area contributed by atoms with Crippen LogP contribution in [0.4, 0.5) is 4.79 Å². The van der Waals surface area contributed by atoms with Gasteiger partial charge < -0.3 is 10.2 Å². The maximum Gasteiger partial charge on any atom is 0.318 e. The fourth-order valence-corrected chi connectivity index (χ4v) is 2.10. The zero-order chi connectivity index (χ0) is 12.3. The van der Waals surface area contributed by atoms with Crippen molar-refractivity contribution < 1.29 is 9.59 Å². The molecule has 1 atom stereocenters. The number of amides is 2. The molecule has 0 bridgehead atoms. The third-order valence-electron chi connectivity index (χ3n) is 2.94. The third-order valence-corrected chi connectivity index (χ3v) is 2.94. The molecule has 0 saturated carbocycles. The Morgan fingerprint density at radius 3 is 2.38 bits per heavy atom. The van der Waals surface area contributed by atoms with Gasteiger partial charge in [0.1, 0.15) is 0 Å². The van der Waals surface area contributed by atoms with E-state index in [1.54, 1.807) is 4.90 Å². The second kappa shape index (κ2) is 5.32. The molecule has 1 saturated heterocycles. The molecular weight excluding hydrogens is 204 g/mol. The van der Waals surface area contributed by atoms with E-state index in [-0.39, 0.29) is 29.7 Å². The largest absolute Gasteiger partial charge is 0.338 e. The quantitative estimate of drug-likeness (QED) is 0.792. The highest BCUT2D eigenvalue weighted by Gasteiger charge is 2.34. The van der Waals surface area contributed by atoms with Crippen molar-refractivity contribution in [2.45, 2.75) is 40.2 Å². The Bertz CT molecular complexity index is 274. The molecule has 0 aromatic rings. The topological polar surface area (TPSA) is 49.4 Å². The van der Waals surface area contributed by atoms with Crippen molar-refractivity contribution in [3.05, 3.63) is 0 Å². The first-order valence-corrected chi connectivity index (χ1v) is 6.03. The van der Waals surface area contributed by atoms with Crippen LogP contribution < -0.4 is 5.32 Å². The van der Waals surface area contributed by atoms with Crippen LogP contribution in [0.1, 0.15) is 34.1 Å². The molecule has 0 unspecified atom stereocenters. The lowest BCUT2D eigenvalue weighted by Gasteiger charge is -2.36. The maximum atomic E-state index is 12.1. The maximum absolute atomic E-state index is 12.1. The number of Topliss-reactive ketones (excluding diaryl/α,β-unsaturated/α-hetero) is 1. The smallest absolute Gasteiger partial charge is 0.318 e. The molecule has 1 heterocycles. The summed E-state index contributed by atoms with van der Waals surface area (Å²) in [5.41, 5.74) is 0. The summed E-state index contributed by atoms with van der Waals surface area (Å²) in [5.74, 6) is 0.299. The van der Waals surface area contributed by atoms with E-state index >= 15 is 0 Å². The normalized spacial score (nSPS) is 18.9. The standard InChI is InChI=1S/C12H22N2O2/c1-8(2)10(11(15)9(3)4)14-7-5-6-13-12(14)16/h8-10H,5-7H2,1-4H3,(H,13,16)/t10-/m0/s1. The molecule has 1 aliphatic rings. The van der Waals surface area contributed by atoms with Gasteiger partial charge in [-0.05, 0) is 12.3 Å². The number of nitrogens with one attached hydrogen (secondary N) is 1. The summed E-state index contributed by atoms with van der Waals surface area (Å²) >= 11 is 0. The van der Waals surface area contributed by atoms with E-state index in [0.29, 0.717) is 6.54 Å². The van der Waals surface area contributed by atoms with Crippen LogP contribution in [0.5, 0.6) is 0 Å². The zero-order valence-corrected chi connectivity index (χ0v) is 10.6. The van der Waals surface area contributed by atoms with Crippen molar-refractivity contribution in [1.82, 2.24) is 10.2 Å². The Labute approximate surface area is 97.4 Å². The summed E-state index contributed by atoms with van der Waals surface area (Å²) in [5, 5.41) is 2.80. The van der Waals surface area contributed by atoms with Crippen molar-refractivity contribution in [3.63, 3.8) is 0 Å². The van der Waals surface area contributed by atoms with Crippen LogP contribution in [0.15, 0.2) is 0 Å². The number of hydrogen-bond donors (Lipinski definition) is 1. The Hall–Kier alpha value is -1.06. The number of rotatable bonds is 4. The fraction of sp³-hybridized carbons (Fsp3) is 0.833. The van der Waals surface area contributed by atoms with Gasteiger partial charge in [0.15, 0.2) is 5.78 Å². The van der Waals surface area contributed by atoms with E-state index < -0.39 is 0 Å². The Balaban J connectivity index is 2.84. The molecule has 0 radical (unpaired) electrons. The monoisotopic (exact) mass is 226 g/mol. The lowest BCUT2D eigenvalue weighted by molar-refractivity contribution is -0.127. The summed E-state index contributed by atoms with van der Waals surface area (Å²) in [6.07, 6.45) is 0.917. The van der Waals surface area contributed by atoms with Crippen LogP contribution in [-0.2, 0) is 4.79 Å². The number of hydrogen-bond acceptors (Lipinski definition) is 2. The van der Waals surface area contributed by atoms with Crippen molar-refractivity contribution in [2.75, 3.05) is 13.1 Å². The molecular formula is C12H22N2O2. The first kappa shape index (κ1) is 13.0. The van der Waals surface area contributed by atoms with E-state index in [0.717, 1.165) is 13.0 Å². The molecule has 0 spiro atoms. The predicted octanol–water partition coefficient (Wildman–Crippen LogP) is 1.65. The lowest BCUT2D eigenvalue weighted by Crippen LogP contribution is -2.56. The second-order valence-corrected chi connectivity index (χ2v) is 5.02. The summed E-state index contributed by atoms with van der Waals surface area (Å²) < 4.78 is 0. The molecule has 0 aromatic carbocycles.